The highest BCUT2D eigenvalue weighted by molar-refractivity contribution is 5.77. The highest BCUT2D eigenvalue weighted by atomic mass is 16.2. The maximum absolute atomic E-state index is 11.6. The fourth-order valence-electron chi connectivity index (χ4n) is 3.60. The summed E-state index contributed by atoms with van der Waals surface area (Å²) in [5.41, 5.74) is 4.18. The van der Waals surface area contributed by atoms with E-state index in [1.807, 2.05) is 4.90 Å². The zero-order valence-electron chi connectivity index (χ0n) is 11.6. The predicted molar refractivity (Wildman–Crippen MR) is 77.8 cm³/mol. The number of benzene rings is 1. The van der Waals surface area contributed by atoms with Crippen LogP contribution in [0.3, 0.4) is 0 Å². The normalized spacial score (nSPS) is 25.1. The number of urea groups is 1. The molecule has 1 atom stereocenters. The second-order valence-corrected chi connectivity index (χ2v) is 5.90. The van der Waals surface area contributed by atoms with Crippen LogP contribution in [-0.4, -0.2) is 54.6 Å². The van der Waals surface area contributed by atoms with Gasteiger partial charge in [0.2, 0.25) is 0 Å². The van der Waals surface area contributed by atoms with Crippen molar-refractivity contribution in [3.63, 3.8) is 0 Å². The number of piperazine rings is 1. The van der Waals surface area contributed by atoms with Gasteiger partial charge in [-0.1, -0.05) is 18.2 Å². The fourth-order valence-corrected chi connectivity index (χ4v) is 3.60. The number of amides is 2. The molecule has 2 N–H and O–H groups in total. The van der Waals surface area contributed by atoms with Gasteiger partial charge in [0.05, 0.1) is 6.04 Å². The molecular weight excluding hydrogens is 252 g/mol. The molecular formula is C15H20N4O. The van der Waals surface area contributed by atoms with Crippen molar-refractivity contribution in [1.82, 2.24) is 15.1 Å². The number of para-hydroxylation sites is 1. The van der Waals surface area contributed by atoms with E-state index in [2.05, 4.69) is 33.7 Å². The minimum absolute atomic E-state index is 0.108. The van der Waals surface area contributed by atoms with Crippen LogP contribution in [0.4, 0.5) is 10.5 Å². The van der Waals surface area contributed by atoms with Gasteiger partial charge in [-0.3, -0.25) is 4.90 Å². The number of nitrogens with zero attached hydrogens (tertiary/aromatic N) is 2. The van der Waals surface area contributed by atoms with E-state index in [4.69, 9.17) is 0 Å². The van der Waals surface area contributed by atoms with Crippen LogP contribution in [-0.2, 0) is 13.0 Å². The Balaban J connectivity index is 1.48. The van der Waals surface area contributed by atoms with Crippen molar-refractivity contribution in [3.05, 3.63) is 29.3 Å². The van der Waals surface area contributed by atoms with Gasteiger partial charge in [0.1, 0.15) is 0 Å². The van der Waals surface area contributed by atoms with E-state index in [1.165, 1.54) is 16.8 Å². The van der Waals surface area contributed by atoms with E-state index in [9.17, 15) is 4.79 Å². The van der Waals surface area contributed by atoms with Gasteiger partial charge in [-0.2, -0.15) is 0 Å². The Bertz CT molecular complexity index is 545. The summed E-state index contributed by atoms with van der Waals surface area (Å²) in [5, 5.41) is 6.44. The second kappa shape index (κ2) is 4.66. The number of fused-ring (bicyclic) bond motifs is 2. The third-order valence-electron chi connectivity index (χ3n) is 4.64. The number of anilines is 1. The van der Waals surface area contributed by atoms with E-state index in [-0.39, 0.29) is 6.03 Å². The molecule has 2 saturated heterocycles. The van der Waals surface area contributed by atoms with Crippen LogP contribution in [0.25, 0.3) is 0 Å². The van der Waals surface area contributed by atoms with Crippen molar-refractivity contribution < 1.29 is 4.79 Å². The quantitative estimate of drug-likeness (QED) is 0.839. The first-order valence-electron chi connectivity index (χ1n) is 7.43. The molecule has 5 nitrogen and oxygen atoms in total. The summed E-state index contributed by atoms with van der Waals surface area (Å²) in [7, 11) is 0. The molecule has 3 heterocycles. The lowest BCUT2D eigenvalue weighted by Crippen LogP contribution is -2.51. The summed E-state index contributed by atoms with van der Waals surface area (Å²) < 4.78 is 0. The van der Waals surface area contributed by atoms with Gasteiger partial charge in [0.15, 0.2) is 0 Å². The molecule has 0 radical (unpaired) electrons. The molecule has 4 rings (SSSR count). The van der Waals surface area contributed by atoms with Gasteiger partial charge in [0, 0.05) is 45.0 Å². The van der Waals surface area contributed by atoms with Gasteiger partial charge < -0.3 is 15.5 Å². The maximum atomic E-state index is 11.6. The van der Waals surface area contributed by atoms with Crippen LogP contribution in [0.2, 0.25) is 0 Å². The molecule has 5 heteroatoms. The number of nitrogens with one attached hydrogen (secondary N) is 2. The Morgan fingerprint density at radius 2 is 2.20 bits per heavy atom. The van der Waals surface area contributed by atoms with Gasteiger partial charge in [0.25, 0.3) is 0 Å². The minimum atomic E-state index is 0.108. The molecule has 106 valence electrons. The van der Waals surface area contributed by atoms with Gasteiger partial charge >= 0.3 is 6.03 Å². The lowest BCUT2D eigenvalue weighted by atomic mass is 10.1. The molecule has 20 heavy (non-hydrogen) atoms. The molecule has 0 bridgehead atoms. The predicted octanol–water partition coefficient (Wildman–Crippen LogP) is 0.864. The molecule has 3 aliphatic rings. The Labute approximate surface area is 118 Å². The van der Waals surface area contributed by atoms with E-state index in [0.717, 1.165) is 45.7 Å². The summed E-state index contributed by atoms with van der Waals surface area (Å²) in [5.74, 6) is 0. The smallest absolute Gasteiger partial charge is 0.317 e. The molecule has 1 aromatic carbocycles. The topological polar surface area (TPSA) is 47.6 Å². The van der Waals surface area contributed by atoms with Crippen molar-refractivity contribution in [2.75, 3.05) is 38.0 Å². The third-order valence-corrected chi connectivity index (χ3v) is 4.64. The van der Waals surface area contributed by atoms with E-state index in [0.29, 0.717) is 6.04 Å². The highest BCUT2D eigenvalue weighted by Gasteiger charge is 2.35. The standard InChI is InChI=1S/C15H20N4O/c20-15-17-8-13-10-18(6-7-19(13)15)9-12-3-1-2-11-4-5-16-14(11)12/h1-3,13,16H,4-10H2,(H,17,20). The van der Waals surface area contributed by atoms with E-state index >= 15 is 0 Å². The summed E-state index contributed by atoms with van der Waals surface area (Å²) >= 11 is 0. The number of hydrogen-bond donors (Lipinski definition) is 2. The Kier molecular flexibility index (Phi) is 2.80. The molecule has 1 unspecified atom stereocenters. The zero-order chi connectivity index (χ0) is 13.5. The van der Waals surface area contributed by atoms with Gasteiger partial charge in [-0.15, -0.1) is 0 Å². The Morgan fingerprint density at radius 3 is 3.15 bits per heavy atom. The SMILES string of the molecule is O=C1NCC2CN(Cc3cccc4c3NCC4)CCN12. The Hall–Kier alpha value is -1.75. The van der Waals surface area contributed by atoms with Crippen LogP contribution in [0.5, 0.6) is 0 Å². The van der Waals surface area contributed by atoms with Crippen LogP contribution in [0.1, 0.15) is 11.1 Å². The highest BCUT2D eigenvalue weighted by Crippen LogP contribution is 2.28. The van der Waals surface area contributed by atoms with Crippen LogP contribution < -0.4 is 10.6 Å². The van der Waals surface area contributed by atoms with Crippen molar-refractivity contribution in [2.45, 2.75) is 19.0 Å². The van der Waals surface area contributed by atoms with Crippen molar-refractivity contribution >= 4 is 11.7 Å². The maximum Gasteiger partial charge on any atom is 0.317 e. The fraction of sp³-hybridized carbons (Fsp3) is 0.533. The molecule has 0 aromatic heterocycles. The Morgan fingerprint density at radius 1 is 1.25 bits per heavy atom. The first-order chi connectivity index (χ1) is 9.81. The summed E-state index contributed by atoms with van der Waals surface area (Å²) in [4.78, 5) is 16.1. The second-order valence-electron chi connectivity index (χ2n) is 5.90. The van der Waals surface area contributed by atoms with Gasteiger partial charge in [-0.25, -0.2) is 4.79 Å². The first kappa shape index (κ1) is 12.0. The zero-order valence-corrected chi connectivity index (χ0v) is 11.6. The van der Waals surface area contributed by atoms with Crippen LogP contribution in [0.15, 0.2) is 18.2 Å². The molecule has 0 spiro atoms. The van der Waals surface area contributed by atoms with Gasteiger partial charge in [-0.05, 0) is 17.5 Å². The van der Waals surface area contributed by atoms with Crippen LogP contribution >= 0.6 is 0 Å². The summed E-state index contributed by atoms with van der Waals surface area (Å²) in [6.45, 7) is 5.62. The average molecular weight is 272 g/mol. The van der Waals surface area contributed by atoms with E-state index in [1.54, 1.807) is 0 Å². The lowest BCUT2D eigenvalue weighted by Gasteiger charge is -2.36. The van der Waals surface area contributed by atoms with Crippen molar-refractivity contribution in [1.29, 1.82) is 0 Å². The summed E-state index contributed by atoms with van der Waals surface area (Å²) in [6, 6.07) is 7.06. The lowest BCUT2D eigenvalue weighted by molar-refractivity contribution is 0.117. The third kappa shape index (κ3) is 1.93. The molecule has 0 aliphatic carbocycles. The number of rotatable bonds is 2. The molecule has 3 aliphatic heterocycles. The molecule has 2 fully saturated rings. The van der Waals surface area contributed by atoms with Crippen molar-refractivity contribution in [2.24, 2.45) is 0 Å². The van der Waals surface area contributed by atoms with Crippen LogP contribution in [0, 0.1) is 0 Å². The number of carbonyl (C=O) groups excluding carboxylic acids is 1. The molecule has 1 aromatic rings. The largest absolute Gasteiger partial charge is 0.384 e. The van der Waals surface area contributed by atoms with E-state index < -0.39 is 0 Å². The molecule has 0 saturated carbocycles. The summed E-state index contributed by atoms with van der Waals surface area (Å²) in [6.07, 6.45) is 1.14. The van der Waals surface area contributed by atoms with Crippen molar-refractivity contribution in [3.8, 4) is 0 Å². The monoisotopic (exact) mass is 272 g/mol. The molecule has 2 amide bonds. The first-order valence-corrected chi connectivity index (χ1v) is 7.43. The average Bonchev–Trinajstić information content (AvgIpc) is 3.07. The number of hydrogen-bond acceptors (Lipinski definition) is 3. The minimum Gasteiger partial charge on any atom is -0.384 e. The number of carbonyl (C=O) groups is 1.